The zero-order valence-corrected chi connectivity index (χ0v) is 38.0. The lowest BCUT2D eigenvalue weighted by atomic mass is 9.92. The molecule has 0 spiro atoms. The fraction of sp³-hybridized carbons (Fsp3) is 0.959. The highest BCUT2D eigenvalue weighted by Gasteiger charge is 2.15. The Morgan fingerprint density at radius 2 is 0.804 bits per heavy atom. The van der Waals surface area contributed by atoms with E-state index in [1.54, 1.807) is 0 Å². The molecule has 0 saturated heterocycles. The van der Waals surface area contributed by atoms with Gasteiger partial charge in [0.15, 0.2) is 0 Å². The molecule has 334 valence electrons. The summed E-state index contributed by atoms with van der Waals surface area (Å²) >= 11 is 0. The van der Waals surface area contributed by atoms with Crippen LogP contribution in [-0.2, 0) is 19.1 Å². The molecule has 0 aromatic carbocycles. The lowest BCUT2D eigenvalue weighted by molar-refractivity contribution is -0.145. The van der Waals surface area contributed by atoms with Crippen LogP contribution in [0.3, 0.4) is 0 Å². The Labute approximate surface area is 348 Å². The van der Waals surface area contributed by atoms with Crippen LogP contribution >= 0.6 is 0 Å². The van der Waals surface area contributed by atoms with Gasteiger partial charge in [-0.1, -0.05) is 175 Å². The smallest absolute Gasteiger partial charge is 0.305 e. The molecule has 0 amide bonds. The number of unbranched alkanes of at least 4 members (excludes halogenated alkanes) is 18. The van der Waals surface area contributed by atoms with Crippen molar-refractivity contribution in [3.8, 4) is 0 Å². The third-order valence-corrected chi connectivity index (χ3v) is 11.8. The van der Waals surface area contributed by atoms with Gasteiger partial charge in [0.25, 0.3) is 0 Å². The summed E-state index contributed by atoms with van der Waals surface area (Å²) in [6, 6.07) is 0. The van der Waals surface area contributed by atoms with Crippen LogP contribution in [0.5, 0.6) is 0 Å². The molecule has 7 nitrogen and oxygen atoms in total. The number of ether oxygens (including phenoxy) is 2. The summed E-state index contributed by atoms with van der Waals surface area (Å²) in [7, 11) is 0. The minimum Gasteiger partial charge on any atom is -0.466 e. The van der Waals surface area contributed by atoms with Gasteiger partial charge in [-0.15, -0.1) is 0 Å². The van der Waals surface area contributed by atoms with Crippen molar-refractivity contribution in [1.29, 1.82) is 0 Å². The number of hydrogen-bond acceptors (Lipinski definition) is 7. The minimum absolute atomic E-state index is 0.0439. The normalized spacial score (nSPS) is 12.3. The highest BCUT2D eigenvalue weighted by Crippen LogP contribution is 2.23. The summed E-state index contributed by atoms with van der Waals surface area (Å²) in [5, 5.41) is 20.1. The van der Waals surface area contributed by atoms with Crippen molar-refractivity contribution in [1.82, 2.24) is 4.90 Å². The zero-order chi connectivity index (χ0) is 41.2. The van der Waals surface area contributed by atoms with Crippen molar-refractivity contribution in [3.05, 3.63) is 0 Å². The fourth-order valence-electron chi connectivity index (χ4n) is 8.04. The van der Waals surface area contributed by atoms with Crippen LogP contribution in [0.1, 0.15) is 246 Å². The second-order valence-corrected chi connectivity index (χ2v) is 17.3. The predicted molar refractivity (Wildman–Crippen MR) is 238 cm³/mol. The van der Waals surface area contributed by atoms with Gasteiger partial charge in [-0.2, -0.15) is 0 Å². The van der Waals surface area contributed by atoms with Gasteiger partial charge in [0.1, 0.15) is 0 Å². The molecular formula is C49H97NO6. The lowest BCUT2D eigenvalue weighted by Crippen LogP contribution is -2.34. The molecular weight excluding hydrogens is 699 g/mol. The van der Waals surface area contributed by atoms with E-state index in [2.05, 4.69) is 32.6 Å². The second-order valence-electron chi connectivity index (χ2n) is 17.3. The minimum atomic E-state index is -0.410. The first-order chi connectivity index (χ1) is 27.4. The van der Waals surface area contributed by atoms with E-state index in [9.17, 15) is 19.8 Å². The highest BCUT2D eigenvalue weighted by molar-refractivity contribution is 5.69. The van der Waals surface area contributed by atoms with E-state index in [4.69, 9.17) is 9.47 Å². The van der Waals surface area contributed by atoms with Gasteiger partial charge in [-0.3, -0.25) is 9.59 Å². The molecule has 0 heterocycles. The van der Waals surface area contributed by atoms with Crippen LogP contribution in [0.2, 0.25) is 0 Å². The molecule has 0 aliphatic heterocycles. The number of nitrogens with zero attached hydrogens (tertiary/aromatic N) is 1. The van der Waals surface area contributed by atoms with E-state index in [0.717, 1.165) is 83.7 Å². The third kappa shape index (κ3) is 38.3. The van der Waals surface area contributed by atoms with Gasteiger partial charge in [0, 0.05) is 26.0 Å². The number of hydrogen-bond donors (Lipinski definition) is 2. The summed E-state index contributed by atoms with van der Waals surface area (Å²) in [4.78, 5) is 27.3. The maximum absolute atomic E-state index is 12.5. The highest BCUT2D eigenvalue weighted by atomic mass is 16.5. The monoisotopic (exact) mass is 796 g/mol. The van der Waals surface area contributed by atoms with E-state index in [0.29, 0.717) is 50.9 Å². The lowest BCUT2D eigenvalue weighted by Gasteiger charge is -2.25. The van der Waals surface area contributed by atoms with Crippen LogP contribution < -0.4 is 0 Å². The molecule has 0 fully saturated rings. The SMILES string of the molecule is CCCCCCC(CCCCCC)CCOC(=O)CCCCCCN(CCCCCO)CC(O)CCCCC(=O)OCCC(CCCCCC)CCCCCC. The average Bonchev–Trinajstić information content (AvgIpc) is 3.19. The van der Waals surface area contributed by atoms with E-state index in [-0.39, 0.29) is 18.5 Å². The summed E-state index contributed by atoms with van der Waals surface area (Å²) in [6.07, 6.45) is 37.5. The third-order valence-electron chi connectivity index (χ3n) is 11.8. The van der Waals surface area contributed by atoms with Gasteiger partial charge in [-0.05, 0) is 82.7 Å². The molecule has 0 aliphatic rings. The standard InChI is InChI=1S/C49H97NO6/c1-5-9-13-20-30-45(31-21-14-10-6-2)37-42-55-48(53)35-24-17-18-27-39-50(40-28-19-29-41-51)44-47(52)34-25-26-36-49(54)56-43-38-46(32-22-15-11-7-3)33-23-16-12-8-4/h45-47,51-52H,5-44H2,1-4H3. The molecule has 1 atom stereocenters. The van der Waals surface area contributed by atoms with Crippen LogP contribution in [0.25, 0.3) is 0 Å². The molecule has 0 rings (SSSR count). The van der Waals surface area contributed by atoms with Crippen LogP contribution in [0.4, 0.5) is 0 Å². The van der Waals surface area contributed by atoms with Gasteiger partial charge >= 0.3 is 11.9 Å². The maximum Gasteiger partial charge on any atom is 0.305 e. The van der Waals surface area contributed by atoms with Crippen molar-refractivity contribution >= 4 is 11.9 Å². The van der Waals surface area contributed by atoms with Crippen LogP contribution in [0.15, 0.2) is 0 Å². The van der Waals surface area contributed by atoms with Crippen molar-refractivity contribution in [2.24, 2.45) is 11.8 Å². The Kier molecular flexibility index (Phi) is 42.5. The Morgan fingerprint density at radius 1 is 0.446 bits per heavy atom. The van der Waals surface area contributed by atoms with E-state index in [1.807, 2.05) is 0 Å². The molecule has 0 aromatic heterocycles. The molecule has 2 N–H and O–H groups in total. The van der Waals surface area contributed by atoms with Crippen molar-refractivity contribution in [3.63, 3.8) is 0 Å². The number of carbonyl (C=O) groups is 2. The number of esters is 2. The Balaban J connectivity index is 4.37. The topological polar surface area (TPSA) is 96.3 Å². The van der Waals surface area contributed by atoms with E-state index < -0.39 is 6.10 Å². The predicted octanol–water partition coefficient (Wildman–Crippen LogP) is 13.3. The summed E-state index contributed by atoms with van der Waals surface area (Å²) < 4.78 is 11.3. The molecule has 0 saturated carbocycles. The van der Waals surface area contributed by atoms with Crippen molar-refractivity contribution in [2.45, 2.75) is 252 Å². The zero-order valence-electron chi connectivity index (χ0n) is 38.0. The van der Waals surface area contributed by atoms with Gasteiger partial charge in [-0.25, -0.2) is 0 Å². The Hall–Kier alpha value is -1.18. The number of aliphatic hydroxyl groups excluding tert-OH is 2. The molecule has 0 aromatic rings. The van der Waals surface area contributed by atoms with E-state index >= 15 is 0 Å². The van der Waals surface area contributed by atoms with Crippen molar-refractivity contribution < 1.29 is 29.3 Å². The maximum atomic E-state index is 12.5. The number of carbonyl (C=O) groups excluding carboxylic acids is 2. The van der Waals surface area contributed by atoms with Crippen molar-refractivity contribution in [2.75, 3.05) is 39.5 Å². The summed E-state index contributed by atoms with van der Waals surface area (Å²) in [5.41, 5.74) is 0. The molecule has 56 heavy (non-hydrogen) atoms. The molecule has 0 radical (unpaired) electrons. The molecule has 1 unspecified atom stereocenters. The van der Waals surface area contributed by atoms with Gasteiger partial charge < -0.3 is 24.6 Å². The Bertz CT molecular complexity index is 800. The average molecular weight is 796 g/mol. The summed E-state index contributed by atoms with van der Waals surface area (Å²) in [6.45, 7) is 12.9. The number of rotatable bonds is 45. The van der Waals surface area contributed by atoms with Crippen LogP contribution in [-0.4, -0.2) is 72.6 Å². The second kappa shape index (κ2) is 43.4. The Morgan fingerprint density at radius 3 is 1.21 bits per heavy atom. The van der Waals surface area contributed by atoms with Gasteiger partial charge in [0.05, 0.1) is 19.3 Å². The fourth-order valence-corrected chi connectivity index (χ4v) is 8.04. The molecule has 0 bridgehead atoms. The largest absolute Gasteiger partial charge is 0.466 e. The van der Waals surface area contributed by atoms with Crippen LogP contribution in [0, 0.1) is 11.8 Å². The van der Waals surface area contributed by atoms with Gasteiger partial charge in [0.2, 0.25) is 0 Å². The van der Waals surface area contributed by atoms with E-state index in [1.165, 1.54) is 128 Å². The quantitative estimate of drug-likeness (QED) is 0.0468. The first-order valence-corrected chi connectivity index (χ1v) is 24.7. The molecule has 0 aliphatic carbocycles. The first kappa shape index (κ1) is 54.8. The first-order valence-electron chi connectivity index (χ1n) is 24.7. The summed E-state index contributed by atoms with van der Waals surface area (Å²) in [5.74, 6) is 1.22. The molecule has 7 heteroatoms. The number of aliphatic hydroxyl groups is 2.